The number of halogens is 1. The third-order valence-electron chi connectivity index (χ3n) is 5.29. The molecule has 0 unspecified atom stereocenters. The Hall–Kier alpha value is -1.71. The van der Waals surface area contributed by atoms with Gasteiger partial charge in [-0.3, -0.25) is 0 Å². The zero-order chi connectivity index (χ0) is 15.2. The molecule has 3 heterocycles. The first-order valence-corrected chi connectivity index (χ1v) is 7.96. The SMILES string of the molecule is O[C@]1(c2ccc(-c3ccc(F)cc3)cc2)CN2CCC1CC2. The molecule has 0 aromatic heterocycles. The highest BCUT2D eigenvalue weighted by atomic mass is 19.1. The zero-order valence-corrected chi connectivity index (χ0v) is 12.5. The van der Waals surface area contributed by atoms with Gasteiger partial charge in [-0.25, -0.2) is 4.39 Å². The molecule has 1 N–H and O–H groups in total. The van der Waals surface area contributed by atoms with Crippen molar-refractivity contribution in [3.63, 3.8) is 0 Å². The molecule has 5 rings (SSSR count). The van der Waals surface area contributed by atoms with Gasteiger partial charge in [-0.1, -0.05) is 36.4 Å². The molecular weight excluding hydrogens is 277 g/mol. The predicted molar refractivity (Wildman–Crippen MR) is 84.9 cm³/mol. The van der Waals surface area contributed by atoms with E-state index >= 15 is 0 Å². The summed E-state index contributed by atoms with van der Waals surface area (Å²) in [5, 5.41) is 11.1. The maximum absolute atomic E-state index is 13.0. The van der Waals surface area contributed by atoms with Crippen molar-refractivity contribution in [2.75, 3.05) is 19.6 Å². The van der Waals surface area contributed by atoms with Crippen LogP contribution in [-0.2, 0) is 5.60 Å². The maximum atomic E-state index is 13.0. The van der Waals surface area contributed by atoms with Gasteiger partial charge in [-0.2, -0.15) is 0 Å². The summed E-state index contributed by atoms with van der Waals surface area (Å²) in [6.07, 6.45) is 2.16. The van der Waals surface area contributed by atoms with Crippen LogP contribution in [0.2, 0.25) is 0 Å². The van der Waals surface area contributed by atoms with Crippen LogP contribution < -0.4 is 0 Å². The lowest BCUT2D eigenvalue weighted by Crippen LogP contribution is -2.57. The van der Waals surface area contributed by atoms with Gasteiger partial charge in [0.05, 0.1) is 0 Å². The highest BCUT2D eigenvalue weighted by molar-refractivity contribution is 5.63. The highest BCUT2D eigenvalue weighted by Crippen LogP contribution is 2.42. The van der Waals surface area contributed by atoms with E-state index in [0.717, 1.165) is 49.2 Å². The molecule has 0 spiro atoms. The first-order valence-electron chi connectivity index (χ1n) is 7.96. The fourth-order valence-electron chi connectivity index (χ4n) is 3.96. The number of benzene rings is 2. The number of nitrogens with zero attached hydrogens (tertiary/aromatic N) is 1. The van der Waals surface area contributed by atoms with E-state index in [2.05, 4.69) is 4.90 Å². The standard InChI is InChI=1S/C19H20FNO/c20-18-7-3-15(4-8-18)14-1-5-16(6-2-14)19(22)13-21-11-9-17(19)10-12-21/h1-8,17,22H,9-13H2/t19-/m0/s1. The lowest BCUT2D eigenvalue weighted by Gasteiger charge is -2.50. The Balaban J connectivity index is 1.63. The van der Waals surface area contributed by atoms with Crippen LogP contribution in [0.3, 0.4) is 0 Å². The van der Waals surface area contributed by atoms with Crippen molar-refractivity contribution in [3.8, 4) is 11.1 Å². The highest BCUT2D eigenvalue weighted by Gasteiger charge is 2.46. The minimum atomic E-state index is -0.710. The second-order valence-electron chi connectivity index (χ2n) is 6.56. The summed E-state index contributed by atoms with van der Waals surface area (Å²) in [6.45, 7) is 2.97. The van der Waals surface area contributed by atoms with Crippen LogP contribution in [0.25, 0.3) is 11.1 Å². The first kappa shape index (κ1) is 13.9. The Morgan fingerprint density at radius 3 is 1.95 bits per heavy atom. The Labute approximate surface area is 130 Å². The topological polar surface area (TPSA) is 23.5 Å². The van der Waals surface area contributed by atoms with Gasteiger partial charge in [-0.05, 0) is 60.7 Å². The van der Waals surface area contributed by atoms with E-state index < -0.39 is 5.60 Å². The number of rotatable bonds is 2. The average Bonchev–Trinajstić information content (AvgIpc) is 2.57. The molecule has 3 aliphatic heterocycles. The Morgan fingerprint density at radius 1 is 0.909 bits per heavy atom. The van der Waals surface area contributed by atoms with Gasteiger partial charge in [0.2, 0.25) is 0 Å². The minimum absolute atomic E-state index is 0.220. The van der Waals surface area contributed by atoms with Crippen molar-refractivity contribution < 1.29 is 9.50 Å². The van der Waals surface area contributed by atoms with E-state index in [1.54, 1.807) is 12.1 Å². The fraction of sp³-hybridized carbons (Fsp3) is 0.368. The van der Waals surface area contributed by atoms with Gasteiger partial charge in [-0.15, -0.1) is 0 Å². The molecule has 22 heavy (non-hydrogen) atoms. The fourth-order valence-corrected chi connectivity index (χ4v) is 3.96. The molecule has 0 aliphatic carbocycles. The number of fused-ring (bicyclic) bond motifs is 3. The monoisotopic (exact) mass is 297 g/mol. The predicted octanol–water partition coefficient (Wildman–Crippen LogP) is 3.41. The number of hydrogen-bond acceptors (Lipinski definition) is 2. The summed E-state index contributed by atoms with van der Waals surface area (Å²) in [7, 11) is 0. The normalized spacial score (nSPS) is 30.5. The van der Waals surface area contributed by atoms with Crippen molar-refractivity contribution in [1.82, 2.24) is 4.90 Å². The molecule has 2 aromatic rings. The second kappa shape index (κ2) is 5.18. The molecule has 1 atom stereocenters. The third-order valence-corrected chi connectivity index (χ3v) is 5.29. The van der Waals surface area contributed by atoms with E-state index in [-0.39, 0.29) is 5.82 Å². The Bertz CT molecular complexity index is 659. The van der Waals surface area contributed by atoms with Crippen molar-refractivity contribution in [2.45, 2.75) is 18.4 Å². The number of aliphatic hydroxyl groups is 1. The van der Waals surface area contributed by atoms with Gasteiger partial charge in [0.15, 0.2) is 0 Å². The van der Waals surface area contributed by atoms with Crippen molar-refractivity contribution in [2.24, 2.45) is 5.92 Å². The molecule has 3 saturated heterocycles. The summed E-state index contributed by atoms with van der Waals surface area (Å²) in [5.41, 5.74) is 2.34. The quantitative estimate of drug-likeness (QED) is 0.918. The molecule has 3 aliphatic rings. The van der Waals surface area contributed by atoms with Gasteiger partial charge in [0.1, 0.15) is 11.4 Å². The lowest BCUT2D eigenvalue weighted by molar-refractivity contribution is -0.117. The van der Waals surface area contributed by atoms with Crippen LogP contribution >= 0.6 is 0 Å². The number of piperidine rings is 3. The van der Waals surface area contributed by atoms with Gasteiger partial charge in [0.25, 0.3) is 0 Å². The summed E-state index contributed by atoms with van der Waals surface area (Å²) < 4.78 is 13.0. The van der Waals surface area contributed by atoms with Crippen LogP contribution in [-0.4, -0.2) is 29.6 Å². The van der Waals surface area contributed by atoms with E-state index in [9.17, 15) is 9.50 Å². The summed E-state index contributed by atoms with van der Waals surface area (Å²) >= 11 is 0. The van der Waals surface area contributed by atoms with Gasteiger partial charge >= 0.3 is 0 Å². The van der Waals surface area contributed by atoms with Gasteiger partial charge < -0.3 is 10.0 Å². The minimum Gasteiger partial charge on any atom is -0.384 e. The van der Waals surface area contributed by atoms with Crippen LogP contribution in [0, 0.1) is 11.7 Å². The van der Waals surface area contributed by atoms with Crippen LogP contribution in [0.5, 0.6) is 0 Å². The first-order chi connectivity index (χ1) is 10.6. The Kier molecular flexibility index (Phi) is 3.28. The molecule has 2 aromatic carbocycles. The van der Waals surface area contributed by atoms with Gasteiger partial charge in [0, 0.05) is 6.54 Å². The van der Waals surface area contributed by atoms with Crippen LogP contribution in [0.4, 0.5) is 4.39 Å². The van der Waals surface area contributed by atoms with Crippen LogP contribution in [0.15, 0.2) is 48.5 Å². The largest absolute Gasteiger partial charge is 0.384 e. The van der Waals surface area contributed by atoms with E-state index in [0.29, 0.717) is 5.92 Å². The van der Waals surface area contributed by atoms with E-state index in [1.807, 2.05) is 24.3 Å². The Morgan fingerprint density at radius 2 is 1.45 bits per heavy atom. The molecule has 0 radical (unpaired) electrons. The summed E-state index contributed by atoms with van der Waals surface area (Å²) in [6, 6.07) is 14.6. The molecule has 114 valence electrons. The number of hydrogen-bond donors (Lipinski definition) is 1. The average molecular weight is 297 g/mol. The molecule has 0 amide bonds. The molecule has 3 heteroatoms. The molecular formula is C19H20FNO. The lowest BCUT2D eigenvalue weighted by atomic mass is 9.71. The van der Waals surface area contributed by atoms with E-state index in [1.165, 1.54) is 12.1 Å². The zero-order valence-electron chi connectivity index (χ0n) is 12.5. The molecule has 3 fully saturated rings. The maximum Gasteiger partial charge on any atom is 0.123 e. The smallest absolute Gasteiger partial charge is 0.123 e. The van der Waals surface area contributed by atoms with E-state index in [4.69, 9.17) is 0 Å². The van der Waals surface area contributed by atoms with Crippen molar-refractivity contribution >= 4 is 0 Å². The molecule has 0 saturated carbocycles. The van der Waals surface area contributed by atoms with Crippen LogP contribution in [0.1, 0.15) is 18.4 Å². The van der Waals surface area contributed by atoms with Crippen molar-refractivity contribution in [3.05, 3.63) is 59.9 Å². The summed E-state index contributed by atoms with van der Waals surface area (Å²) in [5.74, 6) is 0.149. The molecule has 2 nitrogen and oxygen atoms in total. The third kappa shape index (κ3) is 2.25. The van der Waals surface area contributed by atoms with Crippen molar-refractivity contribution in [1.29, 1.82) is 0 Å². The summed E-state index contributed by atoms with van der Waals surface area (Å²) in [4.78, 5) is 2.36. The second-order valence-corrected chi connectivity index (χ2v) is 6.56. The molecule has 2 bridgehead atoms.